The number of ether oxygens (including phenoxy) is 1. The van der Waals surface area contributed by atoms with Crippen molar-refractivity contribution in [2.24, 2.45) is 5.92 Å². The van der Waals surface area contributed by atoms with Crippen molar-refractivity contribution >= 4 is 5.91 Å². The Hall–Kier alpha value is -0.650. The first-order valence-electron chi connectivity index (χ1n) is 6.47. The second-order valence-electron chi connectivity index (χ2n) is 5.08. The van der Waals surface area contributed by atoms with Crippen LogP contribution in [-0.2, 0) is 9.53 Å². The van der Waals surface area contributed by atoms with Crippen molar-refractivity contribution in [3.63, 3.8) is 0 Å². The molecule has 5 heteroatoms. The number of aliphatic hydroxyl groups excluding tert-OH is 1. The number of carbonyl (C=O) groups excluding carboxylic acids is 1. The third-order valence-corrected chi connectivity index (χ3v) is 3.81. The van der Waals surface area contributed by atoms with Gasteiger partial charge in [0.15, 0.2) is 0 Å². The Bertz CT molecular complexity index is 258. The summed E-state index contributed by atoms with van der Waals surface area (Å²) in [7, 11) is 0. The molecule has 2 aliphatic heterocycles. The molecule has 2 fully saturated rings. The predicted molar refractivity (Wildman–Crippen MR) is 63.6 cm³/mol. The van der Waals surface area contributed by atoms with Crippen LogP contribution in [0.15, 0.2) is 0 Å². The largest absolute Gasteiger partial charge is 0.394 e. The molecule has 5 nitrogen and oxygen atoms in total. The van der Waals surface area contributed by atoms with Crippen LogP contribution in [0.3, 0.4) is 0 Å². The van der Waals surface area contributed by atoms with Crippen LogP contribution in [0.2, 0.25) is 0 Å². The fourth-order valence-corrected chi connectivity index (χ4v) is 2.52. The molecule has 17 heavy (non-hydrogen) atoms. The van der Waals surface area contributed by atoms with E-state index >= 15 is 0 Å². The fraction of sp³-hybridized carbons (Fsp3) is 0.917. The van der Waals surface area contributed by atoms with Crippen LogP contribution in [0.4, 0.5) is 0 Å². The number of nitrogens with one attached hydrogen (secondary N) is 2. The summed E-state index contributed by atoms with van der Waals surface area (Å²) < 4.78 is 5.28. The summed E-state index contributed by atoms with van der Waals surface area (Å²) in [5, 5.41) is 15.8. The lowest BCUT2D eigenvalue weighted by Crippen LogP contribution is -2.57. The molecule has 0 aromatic heterocycles. The third-order valence-electron chi connectivity index (χ3n) is 3.81. The van der Waals surface area contributed by atoms with Gasteiger partial charge in [0, 0.05) is 19.8 Å². The highest BCUT2D eigenvalue weighted by molar-refractivity contribution is 5.79. The lowest BCUT2D eigenvalue weighted by molar-refractivity contribution is -0.129. The van der Waals surface area contributed by atoms with E-state index in [9.17, 15) is 9.90 Å². The van der Waals surface area contributed by atoms with E-state index < -0.39 is 5.54 Å². The van der Waals surface area contributed by atoms with E-state index in [1.807, 2.05) is 0 Å². The van der Waals surface area contributed by atoms with Crippen LogP contribution in [-0.4, -0.2) is 49.5 Å². The van der Waals surface area contributed by atoms with Crippen LogP contribution >= 0.6 is 0 Å². The molecule has 0 bridgehead atoms. The van der Waals surface area contributed by atoms with Gasteiger partial charge in [0.25, 0.3) is 0 Å². The molecule has 2 rings (SSSR count). The minimum Gasteiger partial charge on any atom is -0.394 e. The van der Waals surface area contributed by atoms with E-state index in [0.717, 1.165) is 25.9 Å². The van der Waals surface area contributed by atoms with Crippen molar-refractivity contribution in [1.82, 2.24) is 10.6 Å². The number of aliphatic hydroxyl groups is 1. The Kier molecular flexibility index (Phi) is 4.36. The molecule has 2 heterocycles. The summed E-state index contributed by atoms with van der Waals surface area (Å²) in [6.07, 6.45) is 3.40. The number of rotatable bonds is 3. The summed E-state index contributed by atoms with van der Waals surface area (Å²) >= 11 is 0. The second kappa shape index (κ2) is 5.80. The maximum Gasteiger partial charge on any atom is 0.224 e. The van der Waals surface area contributed by atoms with Crippen LogP contribution in [0.1, 0.15) is 25.7 Å². The van der Waals surface area contributed by atoms with E-state index in [2.05, 4.69) is 10.6 Å². The van der Waals surface area contributed by atoms with E-state index in [0.29, 0.717) is 26.1 Å². The maximum absolute atomic E-state index is 12.1. The Balaban J connectivity index is 1.90. The maximum atomic E-state index is 12.1. The highest BCUT2D eigenvalue weighted by Crippen LogP contribution is 2.21. The van der Waals surface area contributed by atoms with E-state index in [4.69, 9.17) is 4.74 Å². The van der Waals surface area contributed by atoms with Gasteiger partial charge in [0.1, 0.15) is 0 Å². The van der Waals surface area contributed by atoms with Crippen molar-refractivity contribution in [2.75, 3.05) is 32.9 Å². The molecule has 2 saturated heterocycles. The third kappa shape index (κ3) is 3.18. The molecule has 0 radical (unpaired) electrons. The lowest BCUT2D eigenvalue weighted by Gasteiger charge is -2.37. The number of hydrogen-bond acceptors (Lipinski definition) is 4. The highest BCUT2D eigenvalue weighted by Gasteiger charge is 2.35. The van der Waals surface area contributed by atoms with Gasteiger partial charge in [-0.2, -0.15) is 0 Å². The molecular weight excluding hydrogens is 220 g/mol. The molecule has 0 aliphatic carbocycles. The van der Waals surface area contributed by atoms with Crippen molar-refractivity contribution in [2.45, 2.75) is 31.2 Å². The van der Waals surface area contributed by atoms with Crippen LogP contribution in [0.5, 0.6) is 0 Å². The average molecular weight is 242 g/mol. The second-order valence-corrected chi connectivity index (χ2v) is 5.08. The number of hydrogen-bond donors (Lipinski definition) is 3. The summed E-state index contributed by atoms with van der Waals surface area (Å²) in [6.45, 7) is 2.99. The summed E-state index contributed by atoms with van der Waals surface area (Å²) in [5.41, 5.74) is -0.452. The normalized spacial score (nSPS) is 28.6. The van der Waals surface area contributed by atoms with E-state index in [1.165, 1.54) is 0 Å². The predicted octanol–water partition coefficient (Wildman–Crippen LogP) is -0.356. The van der Waals surface area contributed by atoms with E-state index in [-0.39, 0.29) is 18.4 Å². The van der Waals surface area contributed by atoms with Crippen molar-refractivity contribution < 1.29 is 14.6 Å². The minimum atomic E-state index is -0.452. The first kappa shape index (κ1) is 12.8. The summed E-state index contributed by atoms with van der Waals surface area (Å²) in [6, 6.07) is 0. The van der Waals surface area contributed by atoms with Gasteiger partial charge in [-0.3, -0.25) is 4.79 Å². The monoisotopic (exact) mass is 242 g/mol. The zero-order chi connectivity index (χ0) is 12.1. The van der Waals surface area contributed by atoms with Gasteiger partial charge in [-0.25, -0.2) is 0 Å². The zero-order valence-electron chi connectivity index (χ0n) is 10.2. The summed E-state index contributed by atoms with van der Waals surface area (Å²) in [5.74, 6) is 0.128. The molecule has 98 valence electrons. The van der Waals surface area contributed by atoms with Gasteiger partial charge in [-0.05, 0) is 32.2 Å². The molecule has 3 N–H and O–H groups in total. The summed E-state index contributed by atoms with van der Waals surface area (Å²) in [4.78, 5) is 12.1. The first-order valence-corrected chi connectivity index (χ1v) is 6.47. The molecule has 0 unspecified atom stereocenters. The van der Waals surface area contributed by atoms with Gasteiger partial charge in [0.2, 0.25) is 5.91 Å². The standard InChI is InChI=1S/C12H22N2O3/c15-9-12(3-6-17-7-4-12)14-11(16)10-2-1-5-13-8-10/h10,13,15H,1-9H2,(H,14,16)/t10-/m0/s1. The van der Waals surface area contributed by atoms with Crippen molar-refractivity contribution in [3.8, 4) is 0 Å². The van der Waals surface area contributed by atoms with Gasteiger partial charge in [-0.1, -0.05) is 0 Å². The molecule has 0 aromatic carbocycles. The first-order chi connectivity index (χ1) is 8.26. The molecule has 1 amide bonds. The van der Waals surface area contributed by atoms with Gasteiger partial charge in [-0.15, -0.1) is 0 Å². The number of carbonyl (C=O) groups is 1. The van der Waals surface area contributed by atoms with E-state index in [1.54, 1.807) is 0 Å². The number of piperidine rings is 1. The zero-order valence-corrected chi connectivity index (χ0v) is 10.2. The lowest BCUT2D eigenvalue weighted by atomic mass is 9.89. The fourth-order valence-electron chi connectivity index (χ4n) is 2.52. The average Bonchev–Trinajstić information content (AvgIpc) is 2.41. The Morgan fingerprint density at radius 3 is 2.82 bits per heavy atom. The smallest absolute Gasteiger partial charge is 0.224 e. The van der Waals surface area contributed by atoms with Gasteiger partial charge in [0.05, 0.1) is 18.1 Å². The quantitative estimate of drug-likeness (QED) is 0.632. The molecule has 0 aromatic rings. The minimum absolute atomic E-state index is 0.00223. The SMILES string of the molecule is O=C(NC1(CO)CCOCC1)[C@H]1CCCNC1. The molecule has 0 saturated carbocycles. The Morgan fingerprint density at radius 1 is 1.47 bits per heavy atom. The molecular formula is C12H22N2O3. The van der Waals surface area contributed by atoms with Crippen LogP contribution in [0.25, 0.3) is 0 Å². The highest BCUT2D eigenvalue weighted by atomic mass is 16.5. The topological polar surface area (TPSA) is 70.6 Å². The molecule has 1 atom stereocenters. The Morgan fingerprint density at radius 2 is 2.24 bits per heavy atom. The molecule has 0 spiro atoms. The van der Waals surface area contributed by atoms with Gasteiger partial charge < -0.3 is 20.5 Å². The Labute approximate surface area is 102 Å². The molecule has 2 aliphatic rings. The van der Waals surface area contributed by atoms with Crippen molar-refractivity contribution in [3.05, 3.63) is 0 Å². The van der Waals surface area contributed by atoms with Crippen LogP contribution in [0, 0.1) is 5.92 Å². The van der Waals surface area contributed by atoms with Crippen LogP contribution < -0.4 is 10.6 Å². The van der Waals surface area contributed by atoms with Gasteiger partial charge >= 0.3 is 0 Å². The van der Waals surface area contributed by atoms with Crippen molar-refractivity contribution in [1.29, 1.82) is 0 Å². The number of amides is 1.